The van der Waals surface area contributed by atoms with E-state index >= 15 is 0 Å². The molecule has 0 spiro atoms. The van der Waals surface area contributed by atoms with Gasteiger partial charge in [0, 0.05) is 19.0 Å². The van der Waals surface area contributed by atoms with Crippen LogP contribution in [0.25, 0.3) is 0 Å². The second-order valence-electron chi connectivity index (χ2n) is 7.82. The van der Waals surface area contributed by atoms with E-state index in [0.717, 1.165) is 11.8 Å². The molecule has 1 aromatic rings. The second-order valence-corrected chi connectivity index (χ2v) is 7.82. The molecule has 0 saturated heterocycles. The zero-order chi connectivity index (χ0) is 17.3. The van der Waals surface area contributed by atoms with Crippen molar-refractivity contribution >= 4 is 11.9 Å². The van der Waals surface area contributed by atoms with Crippen molar-refractivity contribution in [1.82, 2.24) is 15.0 Å². The molecular weight excluding hydrogens is 310 g/mol. The Morgan fingerprint density at radius 3 is 1.76 bits per heavy atom. The molecule has 0 amide bonds. The fourth-order valence-corrected chi connectivity index (χ4v) is 4.25. The van der Waals surface area contributed by atoms with Crippen molar-refractivity contribution in [2.45, 2.75) is 102 Å². The Morgan fingerprint density at radius 2 is 1.16 bits per heavy atom. The summed E-state index contributed by atoms with van der Waals surface area (Å²) in [5.74, 6) is 2.98. The van der Waals surface area contributed by atoms with E-state index in [1.165, 1.54) is 89.9 Å². The van der Waals surface area contributed by atoms with E-state index in [2.05, 4.69) is 15.6 Å². The largest absolute Gasteiger partial charge is 0.357 e. The molecule has 0 bridgehead atoms. The molecule has 0 atom stereocenters. The maximum absolute atomic E-state index is 4.85. The van der Waals surface area contributed by atoms with E-state index in [9.17, 15) is 0 Å². The van der Waals surface area contributed by atoms with E-state index < -0.39 is 0 Å². The molecule has 0 unspecified atom stereocenters. The molecule has 0 aromatic carbocycles. The standard InChI is InChI=1S/C20H35N5/c1-21-19-23-18(16-12-8-4-2-5-9-13-16)24-20(25-19)22-17-14-10-6-3-7-11-15-17/h16-17H,2-15H2,1H3,(H2,21,22,23,24,25). The van der Waals surface area contributed by atoms with Gasteiger partial charge >= 0.3 is 0 Å². The molecule has 2 saturated carbocycles. The fraction of sp³-hybridized carbons (Fsp3) is 0.850. The summed E-state index contributed by atoms with van der Waals surface area (Å²) in [6, 6.07) is 0.512. The Kier molecular flexibility index (Phi) is 7.31. The quantitative estimate of drug-likeness (QED) is 0.778. The van der Waals surface area contributed by atoms with Gasteiger partial charge in [-0.25, -0.2) is 0 Å². The van der Waals surface area contributed by atoms with Crippen LogP contribution in [0.15, 0.2) is 0 Å². The van der Waals surface area contributed by atoms with Gasteiger partial charge in [0.05, 0.1) is 0 Å². The lowest BCUT2D eigenvalue weighted by molar-refractivity contribution is 0.441. The Labute approximate surface area is 152 Å². The maximum atomic E-state index is 4.85. The number of hydrogen-bond acceptors (Lipinski definition) is 5. The third-order valence-electron chi connectivity index (χ3n) is 5.79. The van der Waals surface area contributed by atoms with Crippen molar-refractivity contribution in [3.05, 3.63) is 5.82 Å². The molecule has 1 aromatic heterocycles. The molecule has 1 heterocycles. The molecule has 0 aliphatic heterocycles. The molecule has 140 valence electrons. The van der Waals surface area contributed by atoms with E-state index in [0.29, 0.717) is 17.9 Å². The number of rotatable bonds is 4. The summed E-state index contributed by atoms with van der Waals surface area (Å²) in [6.07, 6.45) is 18.4. The summed E-state index contributed by atoms with van der Waals surface area (Å²) in [5.41, 5.74) is 0. The maximum Gasteiger partial charge on any atom is 0.227 e. The van der Waals surface area contributed by atoms with Crippen LogP contribution in [0.1, 0.15) is 102 Å². The monoisotopic (exact) mass is 345 g/mol. The summed E-state index contributed by atoms with van der Waals surface area (Å²) in [4.78, 5) is 14.1. The van der Waals surface area contributed by atoms with Crippen LogP contribution in [-0.2, 0) is 0 Å². The third kappa shape index (κ3) is 5.82. The molecular formula is C20H35N5. The number of aromatic nitrogens is 3. The topological polar surface area (TPSA) is 62.7 Å². The first-order valence-corrected chi connectivity index (χ1v) is 10.6. The van der Waals surface area contributed by atoms with Crippen molar-refractivity contribution in [3.8, 4) is 0 Å². The number of hydrogen-bond donors (Lipinski definition) is 2. The van der Waals surface area contributed by atoms with Gasteiger partial charge in [0.25, 0.3) is 0 Å². The van der Waals surface area contributed by atoms with Gasteiger partial charge in [-0.15, -0.1) is 0 Å². The van der Waals surface area contributed by atoms with Gasteiger partial charge in [-0.05, 0) is 25.7 Å². The third-order valence-corrected chi connectivity index (χ3v) is 5.79. The van der Waals surface area contributed by atoms with Crippen LogP contribution in [-0.4, -0.2) is 28.0 Å². The molecule has 5 nitrogen and oxygen atoms in total. The zero-order valence-corrected chi connectivity index (χ0v) is 15.9. The van der Waals surface area contributed by atoms with Gasteiger partial charge in [-0.2, -0.15) is 15.0 Å². The average molecular weight is 346 g/mol. The van der Waals surface area contributed by atoms with Crippen LogP contribution in [0, 0.1) is 0 Å². The average Bonchev–Trinajstić information content (AvgIpc) is 2.56. The minimum Gasteiger partial charge on any atom is -0.357 e. The van der Waals surface area contributed by atoms with Gasteiger partial charge in [-0.3, -0.25) is 0 Å². The molecule has 2 fully saturated rings. The summed E-state index contributed by atoms with van der Waals surface area (Å²) in [5, 5.41) is 6.76. The van der Waals surface area contributed by atoms with Crippen molar-refractivity contribution in [2.75, 3.05) is 17.7 Å². The summed E-state index contributed by atoms with van der Waals surface area (Å²) in [7, 11) is 1.90. The van der Waals surface area contributed by atoms with Crippen molar-refractivity contribution < 1.29 is 0 Å². The van der Waals surface area contributed by atoms with Crippen LogP contribution in [0.3, 0.4) is 0 Å². The highest BCUT2D eigenvalue weighted by molar-refractivity contribution is 5.35. The Morgan fingerprint density at radius 1 is 0.640 bits per heavy atom. The lowest BCUT2D eigenvalue weighted by atomic mass is 9.90. The van der Waals surface area contributed by atoms with Gasteiger partial charge in [0.15, 0.2) is 0 Å². The Hall–Kier alpha value is -1.39. The highest BCUT2D eigenvalue weighted by atomic mass is 15.2. The van der Waals surface area contributed by atoms with Gasteiger partial charge in [-0.1, -0.05) is 64.2 Å². The van der Waals surface area contributed by atoms with E-state index in [4.69, 9.17) is 9.97 Å². The molecule has 2 aliphatic rings. The highest BCUT2D eigenvalue weighted by Gasteiger charge is 2.20. The zero-order valence-electron chi connectivity index (χ0n) is 15.9. The van der Waals surface area contributed by atoms with Crippen LogP contribution in [0.5, 0.6) is 0 Å². The number of anilines is 2. The lowest BCUT2D eigenvalue weighted by Crippen LogP contribution is -2.23. The first kappa shape index (κ1) is 18.4. The molecule has 25 heavy (non-hydrogen) atoms. The predicted molar refractivity (Wildman–Crippen MR) is 104 cm³/mol. The van der Waals surface area contributed by atoms with Gasteiger partial charge in [0.2, 0.25) is 11.9 Å². The van der Waals surface area contributed by atoms with Crippen LogP contribution < -0.4 is 10.6 Å². The van der Waals surface area contributed by atoms with Crippen LogP contribution >= 0.6 is 0 Å². The second kappa shape index (κ2) is 9.93. The number of nitrogens with one attached hydrogen (secondary N) is 2. The van der Waals surface area contributed by atoms with Crippen molar-refractivity contribution in [2.24, 2.45) is 0 Å². The Bertz CT molecular complexity index is 503. The van der Waals surface area contributed by atoms with Gasteiger partial charge in [0.1, 0.15) is 5.82 Å². The summed E-state index contributed by atoms with van der Waals surface area (Å²) < 4.78 is 0. The first-order valence-electron chi connectivity index (χ1n) is 10.6. The first-order chi connectivity index (χ1) is 12.3. The van der Waals surface area contributed by atoms with Crippen LogP contribution in [0.2, 0.25) is 0 Å². The SMILES string of the molecule is CNc1nc(NC2CCCCCCC2)nc(C2CCCCCCC2)n1. The van der Waals surface area contributed by atoms with Crippen LogP contribution in [0.4, 0.5) is 11.9 Å². The minimum atomic E-state index is 0.494. The van der Waals surface area contributed by atoms with E-state index in [1.807, 2.05) is 7.05 Å². The molecule has 3 rings (SSSR count). The lowest BCUT2D eigenvalue weighted by Gasteiger charge is -2.23. The molecule has 5 heteroatoms. The van der Waals surface area contributed by atoms with Gasteiger partial charge < -0.3 is 10.6 Å². The minimum absolute atomic E-state index is 0.494. The highest BCUT2D eigenvalue weighted by Crippen LogP contribution is 2.30. The molecule has 0 radical (unpaired) electrons. The van der Waals surface area contributed by atoms with Crippen molar-refractivity contribution in [1.29, 1.82) is 0 Å². The smallest absolute Gasteiger partial charge is 0.227 e. The summed E-state index contributed by atoms with van der Waals surface area (Å²) >= 11 is 0. The fourth-order valence-electron chi connectivity index (χ4n) is 4.25. The molecule has 2 N–H and O–H groups in total. The van der Waals surface area contributed by atoms with E-state index in [1.54, 1.807) is 0 Å². The normalized spacial score (nSPS) is 21.6. The number of nitrogens with zero attached hydrogens (tertiary/aromatic N) is 3. The predicted octanol–water partition coefficient (Wildman–Crippen LogP) is 5.27. The Balaban J connectivity index is 1.71. The van der Waals surface area contributed by atoms with E-state index in [-0.39, 0.29) is 0 Å². The molecule has 2 aliphatic carbocycles. The van der Waals surface area contributed by atoms with Crippen molar-refractivity contribution in [3.63, 3.8) is 0 Å². The summed E-state index contributed by atoms with van der Waals surface area (Å²) in [6.45, 7) is 0.